The molecule has 0 saturated carbocycles. The van der Waals surface area contributed by atoms with E-state index < -0.39 is 0 Å². The number of hydrogen-bond acceptors (Lipinski definition) is 6. The van der Waals surface area contributed by atoms with Crippen molar-refractivity contribution in [3.05, 3.63) is 22.4 Å². The number of aromatic nitrogens is 2. The van der Waals surface area contributed by atoms with Gasteiger partial charge in [0.15, 0.2) is 4.34 Å². The van der Waals surface area contributed by atoms with Crippen molar-refractivity contribution in [2.24, 2.45) is 0 Å². The Morgan fingerprint density at radius 2 is 2.44 bits per heavy atom. The Balaban J connectivity index is 2.01. The average Bonchev–Trinajstić information content (AvgIpc) is 2.89. The molecule has 4 nitrogen and oxygen atoms in total. The van der Waals surface area contributed by atoms with Crippen LogP contribution in [-0.2, 0) is 0 Å². The number of thiophene rings is 1. The molecule has 0 unspecified atom stereocenters. The Morgan fingerprint density at radius 3 is 3.12 bits per heavy atom. The minimum Gasteiger partial charge on any atom is -0.296 e. The molecule has 0 aliphatic rings. The van der Waals surface area contributed by atoms with Crippen LogP contribution >= 0.6 is 34.4 Å². The fourth-order valence-corrected chi connectivity index (χ4v) is 3.28. The zero-order valence-electron chi connectivity index (χ0n) is 8.47. The number of nitrogens with zero attached hydrogens (tertiary/aromatic N) is 2. The Bertz CT molecular complexity index is 466. The largest absolute Gasteiger partial charge is 0.296 e. The lowest BCUT2D eigenvalue weighted by Gasteiger charge is -1.96. The van der Waals surface area contributed by atoms with E-state index in [0.29, 0.717) is 10.7 Å². The number of rotatable bonds is 4. The van der Waals surface area contributed by atoms with Crippen molar-refractivity contribution in [1.82, 2.24) is 10.2 Å². The summed E-state index contributed by atoms with van der Waals surface area (Å²) < 4.78 is 0.878. The Morgan fingerprint density at radius 1 is 1.56 bits per heavy atom. The van der Waals surface area contributed by atoms with Crippen molar-refractivity contribution < 1.29 is 4.79 Å². The van der Waals surface area contributed by atoms with Crippen LogP contribution in [0.4, 0.5) is 5.13 Å². The van der Waals surface area contributed by atoms with Crippen molar-refractivity contribution in [3.63, 3.8) is 0 Å². The highest BCUT2D eigenvalue weighted by atomic mass is 32.2. The summed E-state index contributed by atoms with van der Waals surface area (Å²) in [6.45, 7) is 2.05. The van der Waals surface area contributed by atoms with Gasteiger partial charge in [0.1, 0.15) is 0 Å². The van der Waals surface area contributed by atoms with Crippen LogP contribution in [-0.4, -0.2) is 21.9 Å². The highest BCUT2D eigenvalue weighted by Gasteiger charge is 2.10. The second kappa shape index (κ2) is 5.42. The third-order valence-corrected chi connectivity index (χ3v) is 4.22. The van der Waals surface area contributed by atoms with Gasteiger partial charge in [-0.3, -0.25) is 10.1 Å². The van der Waals surface area contributed by atoms with E-state index in [4.69, 9.17) is 0 Å². The minimum atomic E-state index is -0.134. The lowest BCUT2D eigenvalue weighted by Crippen LogP contribution is -2.10. The maximum Gasteiger partial charge on any atom is 0.258 e. The Labute approximate surface area is 105 Å². The van der Waals surface area contributed by atoms with Gasteiger partial charge >= 0.3 is 0 Å². The van der Waals surface area contributed by atoms with E-state index in [1.807, 2.05) is 5.38 Å². The van der Waals surface area contributed by atoms with Gasteiger partial charge in [-0.15, -0.1) is 10.2 Å². The first-order valence-corrected chi connectivity index (χ1v) is 7.34. The van der Waals surface area contributed by atoms with Gasteiger partial charge in [-0.25, -0.2) is 0 Å². The number of amides is 1. The van der Waals surface area contributed by atoms with Gasteiger partial charge in [-0.1, -0.05) is 30.0 Å². The number of nitrogens with one attached hydrogen (secondary N) is 1. The molecule has 0 fully saturated rings. The molecule has 1 N–H and O–H groups in total. The molecule has 0 aromatic carbocycles. The number of carbonyl (C=O) groups excluding carboxylic acids is 1. The van der Waals surface area contributed by atoms with E-state index in [9.17, 15) is 4.79 Å². The van der Waals surface area contributed by atoms with Gasteiger partial charge in [-0.05, 0) is 17.2 Å². The fourth-order valence-electron chi connectivity index (χ4n) is 1.01. The van der Waals surface area contributed by atoms with Crippen molar-refractivity contribution in [1.29, 1.82) is 0 Å². The molecule has 2 aromatic rings. The number of hydrogen-bond donors (Lipinski definition) is 1. The molecule has 2 rings (SSSR count). The van der Waals surface area contributed by atoms with Crippen LogP contribution in [0, 0.1) is 0 Å². The summed E-state index contributed by atoms with van der Waals surface area (Å²) in [6, 6.07) is 1.78. The van der Waals surface area contributed by atoms with Gasteiger partial charge in [0.2, 0.25) is 5.13 Å². The molecule has 0 spiro atoms. The van der Waals surface area contributed by atoms with Crippen LogP contribution in [0.2, 0.25) is 0 Å². The average molecular weight is 271 g/mol. The molecule has 0 atom stereocenters. The summed E-state index contributed by atoms with van der Waals surface area (Å²) in [5.41, 5.74) is 0.657. The molecule has 0 radical (unpaired) electrons. The van der Waals surface area contributed by atoms with E-state index in [0.717, 1.165) is 10.1 Å². The third kappa shape index (κ3) is 2.81. The molecule has 84 valence electrons. The Kier molecular flexibility index (Phi) is 3.92. The molecule has 0 bridgehead atoms. The van der Waals surface area contributed by atoms with Gasteiger partial charge < -0.3 is 0 Å². The molecule has 0 aliphatic heterocycles. The van der Waals surface area contributed by atoms with Crippen LogP contribution in [0.25, 0.3) is 0 Å². The van der Waals surface area contributed by atoms with E-state index in [1.165, 1.54) is 22.7 Å². The van der Waals surface area contributed by atoms with Crippen LogP contribution in [0.1, 0.15) is 17.3 Å². The summed E-state index contributed by atoms with van der Waals surface area (Å²) in [5, 5.41) is 14.8. The summed E-state index contributed by atoms with van der Waals surface area (Å²) in [5.74, 6) is 0.818. The van der Waals surface area contributed by atoms with Crippen LogP contribution in [0.3, 0.4) is 0 Å². The molecular formula is C9H9N3OS3. The maximum absolute atomic E-state index is 11.7. The molecular weight excluding hydrogens is 262 g/mol. The molecule has 2 aromatic heterocycles. The van der Waals surface area contributed by atoms with E-state index in [1.54, 1.807) is 23.2 Å². The quantitative estimate of drug-likeness (QED) is 0.686. The first-order chi connectivity index (χ1) is 7.79. The molecule has 1 amide bonds. The van der Waals surface area contributed by atoms with E-state index in [2.05, 4.69) is 22.4 Å². The number of anilines is 1. The lowest BCUT2D eigenvalue weighted by atomic mass is 10.3. The normalized spacial score (nSPS) is 10.3. The van der Waals surface area contributed by atoms with Crippen LogP contribution in [0.15, 0.2) is 21.2 Å². The van der Waals surface area contributed by atoms with Crippen molar-refractivity contribution >= 4 is 45.5 Å². The zero-order valence-corrected chi connectivity index (χ0v) is 10.9. The number of carbonyl (C=O) groups is 1. The highest BCUT2D eigenvalue weighted by Crippen LogP contribution is 2.25. The molecule has 2 heterocycles. The number of thioether (sulfide) groups is 1. The first kappa shape index (κ1) is 11.6. The molecule has 0 aliphatic carbocycles. The summed E-state index contributed by atoms with van der Waals surface area (Å²) in [6.07, 6.45) is 0. The van der Waals surface area contributed by atoms with Crippen molar-refractivity contribution in [3.8, 4) is 0 Å². The topological polar surface area (TPSA) is 54.9 Å². The molecule has 0 saturated heterocycles. The minimum absolute atomic E-state index is 0.134. The van der Waals surface area contributed by atoms with Crippen LogP contribution in [0.5, 0.6) is 0 Å². The third-order valence-electron chi connectivity index (χ3n) is 1.68. The SMILES string of the molecule is CCSc1nnc(NC(=O)c2ccsc2)s1. The molecule has 7 heteroatoms. The standard InChI is InChI=1S/C9H9N3OS3/c1-2-15-9-12-11-8(16-9)10-7(13)6-3-4-14-5-6/h3-5H,2H2,1H3,(H,10,11,13). The van der Waals surface area contributed by atoms with E-state index >= 15 is 0 Å². The van der Waals surface area contributed by atoms with Crippen LogP contribution < -0.4 is 5.32 Å². The summed E-state index contributed by atoms with van der Waals surface area (Å²) in [7, 11) is 0. The lowest BCUT2D eigenvalue weighted by molar-refractivity contribution is 0.102. The van der Waals surface area contributed by atoms with Crippen molar-refractivity contribution in [2.45, 2.75) is 11.3 Å². The zero-order chi connectivity index (χ0) is 11.4. The molecule has 16 heavy (non-hydrogen) atoms. The monoisotopic (exact) mass is 271 g/mol. The van der Waals surface area contributed by atoms with Gasteiger partial charge in [-0.2, -0.15) is 11.3 Å². The second-order valence-corrected chi connectivity index (χ2v) is 6.04. The van der Waals surface area contributed by atoms with E-state index in [-0.39, 0.29) is 5.91 Å². The smallest absolute Gasteiger partial charge is 0.258 e. The highest BCUT2D eigenvalue weighted by molar-refractivity contribution is 8.01. The fraction of sp³-hybridized carbons (Fsp3) is 0.222. The van der Waals surface area contributed by atoms with Gasteiger partial charge in [0.05, 0.1) is 5.56 Å². The van der Waals surface area contributed by atoms with Crippen molar-refractivity contribution in [2.75, 3.05) is 11.1 Å². The first-order valence-electron chi connectivity index (χ1n) is 4.59. The predicted octanol–water partition coefficient (Wildman–Crippen LogP) is 2.96. The summed E-state index contributed by atoms with van der Waals surface area (Å²) >= 11 is 4.51. The van der Waals surface area contributed by atoms with Gasteiger partial charge in [0, 0.05) is 5.38 Å². The summed E-state index contributed by atoms with van der Waals surface area (Å²) in [4.78, 5) is 11.7. The Hall–Kier alpha value is -0.920. The maximum atomic E-state index is 11.7. The second-order valence-electron chi connectivity index (χ2n) is 2.77. The van der Waals surface area contributed by atoms with Gasteiger partial charge in [0.25, 0.3) is 5.91 Å². The predicted molar refractivity (Wildman–Crippen MR) is 68.6 cm³/mol.